The van der Waals surface area contributed by atoms with Crippen LogP contribution in [-0.4, -0.2) is 37.2 Å². The van der Waals surface area contributed by atoms with Crippen LogP contribution in [0.4, 0.5) is 0 Å². The minimum atomic E-state index is -0.784. The Hall–Kier alpha value is -3.93. The first-order valence-corrected chi connectivity index (χ1v) is 33.9. The zero-order valence-corrected chi connectivity index (χ0v) is 52.6. The van der Waals surface area contributed by atoms with E-state index in [4.69, 9.17) is 14.2 Å². The third-order valence-corrected chi connectivity index (χ3v) is 14.5. The van der Waals surface area contributed by atoms with E-state index in [2.05, 4.69) is 130 Å². The predicted octanol–water partition coefficient (Wildman–Crippen LogP) is 23.4. The molecule has 6 heteroatoms. The van der Waals surface area contributed by atoms with E-state index < -0.39 is 6.10 Å². The molecule has 6 nitrogen and oxygen atoms in total. The quantitative estimate of drug-likeness (QED) is 0.0261. The van der Waals surface area contributed by atoms with Crippen LogP contribution in [0, 0.1) is 0 Å². The summed E-state index contributed by atoms with van der Waals surface area (Å²) in [6.07, 6.45) is 92.5. The summed E-state index contributed by atoms with van der Waals surface area (Å²) in [7, 11) is 0. The van der Waals surface area contributed by atoms with E-state index in [0.717, 1.165) is 122 Å². The van der Waals surface area contributed by atoms with E-state index in [1.807, 2.05) is 0 Å². The average molecular weight is 1110 g/mol. The number of carbonyl (C=O) groups excluding carboxylic acids is 3. The minimum Gasteiger partial charge on any atom is -0.462 e. The fourth-order valence-electron chi connectivity index (χ4n) is 9.44. The van der Waals surface area contributed by atoms with Gasteiger partial charge in [0.1, 0.15) is 13.2 Å². The third kappa shape index (κ3) is 64.9. The van der Waals surface area contributed by atoms with E-state index in [9.17, 15) is 14.4 Å². The highest BCUT2D eigenvalue weighted by molar-refractivity contribution is 5.71. The molecule has 0 aromatic carbocycles. The smallest absolute Gasteiger partial charge is 0.306 e. The molecule has 0 fully saturated rings. The Morgan fingerprint density at radius 1 is 0.263 bits per heavy atom. The van der Waals surface area contributed by atoms with Gasteiger partial charge in [0.05, 0.1) is 0 Å². The van der Waals surface area contributed by atoms with Crippen molar-refractivity contribution >= 4 is 17.9 Å². The summed E-state index contributed by atoms with van der Waals surface area (Å²) in [6.45, 7) is 6.50. The molecule has 0 bridgehead atoms. The third-order valence-electron chi connectivity index (χ3n) is 14.5. The van der Waals surface area contributed by atoms with Crippen LogP contribution in [0.2, 0.25) is 0 Å². The van der Waals surface area contributed by atoms with Crippen molar-refractivity contribution in [3.05, 3.63) is 109 Å². The maximum absolute atomic E-state index is 12.9. The molecule has 0 aliphatic heterocycles. The van der Waals surface area contributed by atoms with Crippen molar-refractivity contribution in [1.82, 2.24) is 0 Å². The van der Waals surface area contributed by atoms with E-state index in [-0.39, 0.29) is 31.1 Å². The van der Waals surface area contributed by atoms with Crippen LogP contribution < -0.4 is 0 Å². The first-order valence-electron chi connectivity index (χ1n) is 33.9. The molecular weight excluding hydrogens is 985 g/mol. The number of rotatable bonds is 61. The highest BCUT2D eigenvalue weighted by Crippen LogP contribution is 2.17. The van der Waals surface area contributed by atoms with Gasteiger partial charge in [-0.25, -0.2) is 0 Å². The van der Waals surface area contributed by atoms with Crippen LogP contribution in [0.25, 0.3) is 0 Å². The number of hydrogen-bond acceptors (Lipinski definition) is 6. The summed E-state index contributed by atoms with van der Waals surface area (Å²) in [6, 6.07) is 0. The normalized spacial score (nSPS) is 12.8. The molecule has 0 N–H and O–H groups in total. The molecule has 0 aromatic rings. The molecule has 0 heterocycles. The van der Waals surface area contributed by atoms with Crippen molar-refractivity contribution < 1.29 is 28.6 Å². The summed E-state index contributed by atoms with van der Waals surface area (Å²) >= 11 is 0. The lowest BCUT2D eigenvalue weighted by Gasteiger charge is -2.18. The molecule has 0 rings (SSSR count). The molecule has 1 unspecified atom stereocenters. The van der Waals surface area contributed by atoms with E-state index in [1.54, 1.807) is 0 Å². The van der Waals surface area contributed by atoms with Gasteiger partial charge in [0, 0.05) is 19.3 Å². The Morgan fingerprint density at radius 3 is 0.800 bits per heavy atom. The van der Waals surface area contributed by atoms with E-state index in [1.165, 1.54) is 161 Å². The van der Waals surface area contributed by atoms with E-state index in [0.29, 0.717) is 19.3 Å². The lowest BCUT2D eigenvalue weighted by molar-refractivity contribution is -0.167. The van der Waals surface area contributed by atoms with Crippen molar-refractivity contribution in [2.45, 2.75) is 329 Å². The Balaban J connectivity index is 4.23. The van der Waals surface area contributed by atoms with Crippen molar-refractivity contribution in [3.63, 3.8) is 0 Å². The number of carbonyl (C=O) groups is 3. The maximum Gasteiger partial charge on any atom is 0.306 e. The van der Waals surface area contributed by atoms with Gasteiger partial charge in [-0.05, 0) is 103 Å². The Morgan fingerprint density at radius 2 is 0.500 bits per heavy atom. The molecule has 0 spiro atoms. The van der Waals surface area contributed by atoms with Crippen LogP contribution in [0.3, 0.4) is 0 Å². The number of unbranched alkanes of at least 4 members (excludes halogenated alkanes) is 32. The Kier molecular flexibility index (Phi) is 64.3. The zero-order chi connectivity index (χ0) is 57.8. The monoisotopic (exact) mass is 1110 g/mol. The van der Waals surface area contributed by atoms with Gasteiger partial charge in [-0.2, -0.15) is 0 Å². The first-order chi connectivity index (χ1) is 39.5. The molecule has 0 amide bonds. The van der Waals surface area contributed by atoms with Gasteiger partial charge in [0.2, 0.25) is 0 Å². The SMILES string of the molecule is CC/C=C\C/C=C\C/C=C\C/C=C\C/C=C\C/C=C\C/C=C\CCCCCCCCCCCCCC(=O)OCC(COC(=O)CCCCCCC/C=C\C/C=C\CCCC)OC(=O)CCCCCCCCCCCCCCCCC. The molecular formula is C74H126O6. The van der Waals surface area contributed by atoms with Crippen LogP contribution in [0.5, 0.6) is 0 Å². The second-order valence-corrected chi connectivity index (χ2v) is 22.4. The Labute approximate surface area is 495 Å². The number of allylic oxidation sites excluding steroid dienone is 18. The lowest BCUT2D eigenvalue weighted by atomic mass is 10.0. The summed E-state index contributed by atoms with van der Waals surface area (Å²) in [5.74, 6) is -0.886. The maximum atomic E-state index is 12.9. The second-order valence-electron chi connectivity index (χ2n) is 22.4. The topological polar surface area (TPSA) is 78.9 Å². The van der Waals surface area contributed by atoms with Crippen molar-refractivity contribution in [3.8, 4) is 0 Å². The minimum absolute atomic E-state index is 0.0813. The van der Waals surface area contributed by atoms with Crippen LogP contribution in [0.1, 0.15) is 323 Å². The van der Waals surface area contributed by atoms with Gasteiger partial charge in [0.25, 0.3) is 0 Å². The van der Waals surface area contributed by atoms with Gasteiger partial charge in [-0.15, -0.1) is 0 Å². The summed E-state index contributed by atoms with van der Waals surface area (Å²) in [4.78, 5) is 38.3. The first kappa shape index (κ1) is 76.1. The second kappa shape index (κ2) is 67.6. The lowest BCUT2D eigenvalue weighted by Crippen LogP contribution is -2.30. The number of ether oxygens (including phenoxy) is 3. The molecule has 0 radical (unpaired) electrons. The molecule has 1 atom stereocenters. The van der Waals surface area contributed by atoms with Gasteiger partial charge >= 0.3 is 17.9 Å². The van der Waals surface area contributed by atoms with Crippen LogP contribution in [-0.2, 0) is 28.6 Å². The predicted molar refractivity (Wildman–Crippen MR) is 348 cm³/mol. The van der Waals surface area contributed by atoms with Gasteiger partial charge < -0.3 is 14.2 Å². The molecule has 0 aliphatic carbocycles. The highest BCUT2D eigenvalue weighted by atomic mass is 16.6. The summed E-state index contributed by atoms with van der Waals surface area (Å²) in [5, 5.41) is 0. The number of esters is 3. The van der Waals surface area contributed by atoms with Crippen molar-refractivity contribution in [2.75, 3.05) is 13.2 Å². The Bertz CT molecular complexity index is 1610. The van der Waals surface area contributed by atoms with Crippen LogP contribution in [0.15, 0.2) is 109 Å². The summed E-state index contributed by atoms with van der Waals surface area (Å²) in [5.41, 5.74) is 0. The molecule has 0 aliphatic rings. The van der Waals surface area contributed by atoms with Crippen LogP contribution >= 0.6 is 0 Å². The fraction of sp³-hybridized carbons (Fsp3) is 0.716. The molecule has 458 valence electrons. The fourth-order valence-corrected chi connectivity index (χ4v) is 9.44. The van der Waals surface area contributed by atoms with Gasteiger partial charge in [-0.1, -0.05) is 310 Å². The number of hydrogen-bond donors (Lipinski definition) is 0. The highest BCUT2D eigenvalue weighted by Gasteiger charge is 2.19. The molecule has 80 heavy (non-hydrogen) atoms. The van der Waals surface area contributed by atoms with E-state index >= 15 is 0 Å². The largest absolute Gasteiger partial charge is 0.462 e. The van der Waals surface area contributed by atoms with Crippen molar-refractivity contribution in [2.24, 2.45) is 0 Å². The standard InChI is InChI=1S/C74H126O6/c1-4-7-10-13-16-19-22-25-28-29-30-31-32-33-34-35-36-37-38-39-40-41-42-43-44-45-47-49-52-55-58-61-64-67-73(76)79-70-71(69-78-72(75)66-63-60-57-54-51-48-27-24-21-18-15-12-9-6-3)80-74(77)68-65-62-59-56-53-50-46-26-23-20-17-14-11-8-5-2/h7,10,15-16,18-19,24-25,27-28,30-31,33-34,36-37,39-40,71H,4-6,8-9,11-14,17,20-23,26,29,32,35,38,41-70H2,1-3H3/b10-7-,18-15-,19-16-,27-24-,28-25-,31-30-,34-33-,37-36-,40-39-. The summed E-state index contributed by atoms with van der Waals surface area (Å²) < 4.78 is 16.9. The molecule has 0 saturated heterocycles. The average Bonchev–Trinajstić information content (AvgIpc) is 3.46. The molecule has 0 aromatic heterocycles. The van der Waals surface area contributed by atoms with Gasteiger partial charge in [-0.3, -0.25) is 14.4 Å². The van der Waals surface area contributed by atoms with Crippen molar-refractivity contribution in [1.29, 1.82) is 0 Å². The molecule has 0 saturated carbocycles. The zero-order valence-electron chi connectivity index (χ0n) is 52.6. The van der Waals surface area contributed by atoms with Gasteiger partial charge in [0.15, 0.2) is 6.10 Å².